The number of rotatable bonds is 5. The molecule has 0 radical (unpaired) electrons. The predicted octanol–water partition coefficient (Wildman–Crippen LogP) is 1.12. The molecule has 0 saturated carbocycles. The summed E-state index contributed by atoms with van der Waals surface area (Å²) in [5, 5.41) is 9.10. The van der Waals surface area contributed by atoms with Crippen LogP contribution in [0, 0.1) is 5.92 Å². The molecule has 0 aromatic rings. The van der Waals surface area contributed by atoms with Crippen LogP contribution in [-0.2, 0) is 9.59 Å². The zero-order valence-corrected chi connectivity index (χ0v) is 11.9. The van der Waals surface area contributed by atoms with Gasteiger partial charge in [0.2, 0.25) is 5.91 Å². The van der Waals surface area contributed by atoms with E-state index in [1.165, 1.54) is 16.7 Å². The second-order valence-electron chi connectivity index (χ2n) is 5.03. The number of nitrogens with two attached hydrogens (primary N) is 1. The molecule has 0 aliphatic carbocycles. The average Bonchev–Trinajstić information content (AvgIpc) is 2.70. The lowest BCUT2D eigenvalue weighted by molar-refractivity contribution is -0.149. The zero-order chi connectivity index (χ0) is 13.9. The van der Waals surface area contributed by atoms with Crippen molar-refractivity contribution in [3.05, 3.63) is 0 Å². The topological polar surface area (TPSA) is 83.6 Å². The quantitative estimate of drug-likeness (QED) is 0.785. The van der Waals surface area contributed by atoms with Crippen LogP contribution in [0.1, 0.15) is 33.6 Å². The predicted molar refractivity (Wildman–Crippen MR) is 72.2 cm³/mol. The van der Waals surface area contributed by atoms with Gasteiger partial charge in [0.05, 0.1) is 11.4 Å². The molecule has 1 fully saturated rings. The Hall–Kier alpha value is -0.750. The molecule has 18 heavy (non-hydrogen) atoms. The van der Waals surface area contributed by atoms with Crippen LogP contribution in [0.3, 0.4) is 0 Å². The van der Waals surface area contributed by atoms with Gasteiger partial charge in [0.25, 0.3) is 0 Å². The molecule has 6 heteroatoms. The number of carbonyl (C=O) groups excluding carboxylic acids is 1. The number of hydrogen-bond acceptors (Lipinski definition) is 4. The maximum atomic E-state index is 12.3. The summed E-state index contributed by atoms with van der Waals surface area (Å²) in [6.45, 7) is 5.95. The number of nitrogens with zero attached hydrogens (tertiary/aromatic N) is 1. The summed E-state index contributed by atoms with van der Waals surface area (Å²) < 4.78 is 0. The van der Waals surface area contributed by atoms with Gasteiger partial charge in [-0.05, 0) is 18.8 Å². The van der Waals surface area contributed by atoms with E-state index in [9.17, 15) is 9.59 Å². The zero-order valence-electron chi connectivity index (χ0n) is 11.1. The molecule has 0 aromatic heterocycles. The lowest BCUT2D eigenvalue weighted by Crippen LogP contribution is -2.52. The second-order valence-corrected chi connectivity index (χ2v) is 6.24. The monoisotopic (exact) mass is 274 g/mol. The van der Waals surface area contributed by atoms with Gasteiger partial charge in [-0.25, -0.2) is 4.79 Å². The molecule has 1 saturated heterocycles. The Morgan fingerprint density at radius 3 is 2.56 bits per heavy atom. The van der Waals surface area contributed by atoms with E-state index < -0.39 is 18.1 Å². The number of thioether (sulfide) groups is 1. The van der Waals surface area contributed by atoms with Gasteiger partial charge in [0.1, 0.15) is 6.04 Å². The Morgan fingerprint density at radius 2 is 2.11 bits per heavy atom. The molecule has 5 nitrogen and oxygen atoms in total. The fourth-order valence-corrected chi connectivity index (χ4v) is 3.52. The van der Waals surface area contributed by atoms with Crippen LogP contribution in [0.2, 0.25) is 0 Å². The Kier molecular flexibility index (Phi) is 5.47. The molecule has 1 aliphatic heterocycles. The maximum Gasteiger partial charge on any atom is 0.327 e. The summed E-state index contributed by atoms with van der Waals surface area (Å²) in [5.41, 5.74) is 5.88. The van der Waals surface area contributed by atoms with Crippen molar-refractivity contribution in [3.63, 3.8) is 0 Å². The van der Waals surface area contributed by atoms with E-state index in [1.807, 2.05) is 20.8 Å². The molecule has 3 atom stereocenters. The lowest BCUT2D eigenvalue weighted by atomic mass is 10.0. The minimum Gasteiger partial charge on any atom is -0.480 e. The van der Waals surface area contributed by atoms with Crippen molar-refractivity contribution in [2.24, 2.45) is 11.7 Å². The fourth-order valence-electron chi connectivity index (χ4n) is 2.16. The van der Waals surface area contributed by atoms with Gasteiger partial charge in [-0.2, -0.15) is 0 Å². The molecule has 104 valence electrons. The average molecular weight is 274 g/mol. The fraction of sp³-hybridized carbons (Fsp3) is 0.833. The van der Waals surface area contributed by atoms with Crippen molar-refractivity contribution >= 4 is 23.6 Å². The van der Waals surface area contributed by atoms with Crippen molar-refractivity contribution in [1.82, 2.24) is 4.90 Å². The number of aliphatic carboxylic acids is 1. The molecule has 1 aliphatic rings. The van der Waals surface area contributed by atoms with Gasteiger partial charge in [0.15, 0.2) is 0 Å². The first-order valence-corrected chi connectivity index (χ1v) is 7.35. The Morgan fingerprint density at radius 1 is 1.50 bits per heavy atom. The van der Waals surface area contributed by atoms with Gasteiger partial charge < -0.3 is 15.7 Å². The Bertz CT molecular complexity index is 322. The van der Waals surface area contributed by atoms with Crippen LogP contribution in [0.4, 0.5) is 0 Å². The highest BCUT2D eigenvalue weighted by atomic mass is 32.2. The highest BCUT2D eigenvalue weighted by Gasteiger charge is 2.42. The van der Waals surface area contributed by atoms with E-state index in [0.29, 0.717) is 18.1 Å². The van der Waals surface area contributed by atoms with E-state index in [4.69, 9.17) is 10.8 Å². The van der Waals surface area contributed by atoms with Gasteiger partial charge in [-0.3, -0.25) is 4.79 Å². The minimum absolute atomic E-state index is 0.0585. The molecular weight excluding hydrogens is 252 g/mol. The van der Waals surface area contributed by atoms with Crippen molar-refractivity contribution < 1.29 is 14.7 Å². The third kappa shape index (κ3) is 3.38. The van der Waals surface area contributed by atoms with Crippen LogP contribution in [0.15, 0.2) is 0 Å². The molecule has 1 amide bonds. The smallest absolute Gasteiger partial charge is 0.327 e. The molecular formula is C12H22N2O3S. The maximum absolute atomic E-state index is 12.3. The number of amides is 1. The van der Waals surface area contributed by atoms with Gasteiger partial charge in [0, 0.05) is 5.75 Å². The summed E-state index contributed by atoms with van der Waals surface area (Å²) >= 11 is 1.52. The van der Waals surface area contributed by atoms with Crippen LogP contribution in [0.5, 0.6) is 0 Å². The highest BCUT2D eigenvalue weighted by Crippen LogP contribution is 2.32. The number of carboxylic acids is 1. The van der Waals surface area contributed by atoms with Crippen LogP contribution >= 0.6 is 11.8 Å². The number of hydrogen-bond donors (Lipinski definition) is 2. The summed E-state index contributed by atoms with van der Waals surface area (Å²) in [4.78, 5) is 24.9. The van der Waals surface area contributed by atoms with E-state index >= 15 is 0 Å². The molecule has 0 aromatic carbocycles. The first kappa shape index (κ1) is 15.3. The molecule has 1 rings (SSSR count). The number of carboxylic acid groups (broad SMARTS) is 1. The summed E-state index contributed by atoms with van der Waals surface area (Å²) in [7, 11) is 0. The van der Waals surface area contributed by atoms with Gasteiger partial charge in [-0.1, -0.05) is 20.8 Å². The van der Waals surface area contributed by atoms with Crippen molar-refractivity contribution in [2.75, 3.05) is 5.75 Å². The van der Waals surface area contributed by atoms with Crippen LogP contribution in [0.25, 0.3) is 0 Å². The SMILES string of the molecule is CCC1SCC(C(=O)O)N1C(=O)[C@H](N)CC(C)C. The third-order valence-corrected chi connectivity index (χ3v) is 4.48. The van der Waals surface area contributed by atoms with Gasteiger partial charge >= 0.3 is 5.97 Å². The lowest BCUT2D eigenvalue weighted by Gasteiger charge is -2.29. The summed E-state index contributed by atoms with van der Waals surface area (Å²) in [5.74, 6) is -0.396. The Balaban J connectivity index is 2.81. The molecule has 1 heterocycles. The summed E-state index contributed by atoms with van der Waals surface area (Å²) in [6.07, 6.45) is 1.33. The van der Waals surface area contributed by atoms with E-state index in [2.05, 4.69) is 0 Å². The third-order valence-electron chi connectivity index (χ3n) is 3.02. The first-order chi connectivity index (χ1) is 8.38. The standard InChI is InChI=1S/C12H22N2O3S/c1-4-10-14(9(6-18-10)12(16)17)11(15)8(13)5-7(2)3/h7-10H,4-6,13H2,1-3H3,(H,16,17)/t8-,9?,10?/m1/s1. The highest BCUT2D eigenvalue weighted by molar-refractivity contribution is 8.00. The molecule has 2 unspecified atom stereocenters. The summed E-state index contributed by atoms with van der Waals surface area (Å²) in [6, 6.07) is -1.33. The van der Waals surface area contributed by atoms with Crippen molar-refractivity contribution in [3.8, 4) is 0 Å². The molecule has 3 N–H and O–H groups in total. The second kappa shape index (κ2) is 6.43. The van der Waals surface area contributed by atoms with Crippen molar-refractivity contribution in [2.45, 2.75) is 51.1 Å². The van der Waals surface area contributed by atoms with Gasteiger partial charge in [-0.15, -0.1) is 11.8 Å². The van der Waals surface area contributed by atoms with Crippen molar-refractivity contribution in [1.29, 1.82) is 0 Å². The van der Waals surface area contributed by atoms with Crippen LogP contribution < -0.4 is 5.73 Å². The molecule has 0 spiro atoms. The normalized spacial score (nSPS) is 25.5. The van der Waals surface area contributed by atoms with Crippen LogP contribution in [-0.4, -0.2) is 45.1 Å². The largest absolute Gasteiger partial charge is 0.480 e. The molecule has 0 bridgehead atoms. The van der Waals surface area contributed by atoms with E-state index in [1.54, 1.807) is 0 Å². The van der Waals surface area contributed by atoms with E-state index in [-0.39, 0.29) is 11.3 Å². The minimum atomic E-state index is -0.941. The van der Waals surface area contributed by atoms with E-state index in [0.717, 1.165) is 6.42 Å². The Labute approximate surface area is 112 Å². The number of carbonyl (C=O) groups is 2. The first-order valence-electron chi connectivity index (χ1n) is 6.30.